The minimum atomic E-state index is -3.44. The molecule has 110 valence electrons. The fraction of sp³-hybridized carbons (Fsp3) is 1.00. The second kappa shape index (κ2) is 5.89. The van der Waals surface area contributed by atoms with Crippen molar-refractivity contribution in [2.24, 2.45) is 0 Å². The summed E-state index contributed by atoms with van der Waals surface area (Å²) in [7, 11) is -7.58. The maximum absolute atomic E-state index is 12.7. The molecule has 0 N–H and O–H groups in total. The lowest BCUT2D eigenvalue weighted by Crippen LogP contribution is -2.41. The van der Waals surface area contributed by atoms with Gasteiger partial charge in [-0.2, -0.15) is 0 Å². The van der Waals surface area contributed by atoms with Gasteiger partial charge in [0.15, 0.2) is 8.32 Å². The molecule has 0 fully saturated rings. The van der Waals surface area contributed by atoms with Gasteiger partial charge in [0.05, 0.1) is 6.61 Å². The average molecular weight is 312 g/mol. The molecule has 0 spiro atoms. The van der Waals surface area contributed by atoms with Gasteiger partial charge in [-0.05, 0) is 44.7 Å². The van der Waals surface area contributed by atoms with E-state index < -0.39 is 24.5 Å². The molecule has 0 radical (unpaired) electrons. The molecule has 0 aliphatic carbocycles. The van der Waals surface area contributed by atoms with Gasteiger partial charge in [0, 0.05) is 0 Å². The third-order valence-electron chi connectivity index (χ3n) is 2.82. The van der Waals surface area contributed by atoms with E-state index in [-0.39, 0.29) is 5.04 Å². The normalized spacial score (nSPS) is 17.6. The largest absolute Gasteiger partial charge is 0.455 e. The van der Waals surface area contributed by atoms with Crippen LogP contribution in [0.3, 0.4) is 0 Å². The molecule has 0 aromatic rings. The fourth-order valence-electron chi connectivity index (χ4n) is 0.981. The van der Waals surface area contributed by atoms with Gasteiger partial charge in [-0.1, -0.05) is 20.8 Å². The summed E-state index contributed by atoms with van der Waals surface area (Å²) in [6, 6.07) is 0. The summed E-state index contributed by atoms with van der Waals surface area (Å²) in [5, 5.41) is -0.0252. The standard InChI is InChI=1S/C11H29O4PSi2/c1-10-13-16(12,14-17(5,6)7)15-18(8,9)11(2,3)4/h10H2,1-9H3. The first kappa shape index (κ1) is 18.5. The van der Waals surface area contributed by atoms with Crippen LogP contribution in [-0.2, 0) is 17.5 Å². The van der Waals surface area contributed by atoms with Crippen LogP contribution >= 0.6 is 7.82 Å². The second-order valence-electron chi connectivity index (χ2n) is 6.92. The van der Waals surface area contributed by atoms with Gasteiger partial charge in [-0.15, -0.1) is 0 Å². The smallest absolute Gasteiger partial charge is 0.331 e. The maximum Gasteiger partial charge on any atom is 0.455 e. The Morgan fingerprint density at radius 2 is 1.44 bits per heavy atom. The lowest BCUT2D eigenvalue weighted by Gasteiger charge is -2.39. The first-order chi connectivity index (χ1) is 7.72. The van der Waals surface area contributed by atoms with E-state index in [0.717, 1.165) is 0 Å². The van der Waals surface area contributed by atoms with Crippen molar-refractivity contribution >= 4 is 24.5 Å². The maximum atomic E-state index is 12.7. The number of phosphoric acid groups is 1. The summed E-state index contributed by atoms with van der Waals surface area (Å²) >= 11 is 0. The summed E-state index contributed by atoms with van der Waals surface area (Å²) in [5.41, 5.74) is 0. The van der Waals surface area contributed by atoms with E-state index in [1.807, 2.05) is 32.7 Å². The Bertz CT molecular complexity index is 318. The van der Waals surface area contributed by atoms with Crippen molar-refractivity contribution in [1.29, 1.82) is 0 Å². The Morgan fingerprint density at radius 1 is 1.00 bits per heavy atom. The predicted molar refractivity (Wildman–Crippen MR) is 81.9 cm³/mol. The highest BCUT2D eigenvalue weighted by atomic mass is 31.2. The summed E-state index contributed by atoms with van der Waals surface area (Å²) in [6.07, 6.45) is 0. The van der Waals surface area contributed by atoms with E-state index in [4.69, 9.17) is 12.9 Å². The van der Waals surface area contributed by atoms with Crippen molar-refractivity contribution in [2.75, 3.05) is 6.61 Å². The zero-order valence-electron chi connectivity index (χ0n) is 13.3. The Labute approximate surface area is 114 Å². The van der Waals surface area contributed by atoms with Gasteiger partial charge in [0.2, 0.25) is 8.32 Å². The highest BCUT2D eigenvalue weighted by molar-refractivity contribution is 7.52. The molecule has 0 aliphatic heterocycles. The summed E-state index contributed by atoms with van der Waals surface area (Å²) < 4.78 is 29.6. The zero-order valence-corrected chi connectivity index (χ0v) is 16.2. The molecule has 7 heteroatoms. The molecule has 0 aromatic heterocycles. The van der Waals surface area contributed by atoms with Gasteiger partial charge in [-0.25, -0.2) is 4.57 Å². The molecule has 0 rings (SSSR count). The van der Waals surface area contributed by atoms with Crippen LogP contribution in [0.2, 0.25) is 37.8 Å². The molecule has 0 amide bonds. The summed E-state index contributed by atoms with van der Waals surface area (Å²) in [5.74, 6) is 0. The van der Waals surface area contributed by atoms with Crippen molar-refractivity contribution in [3.05, 3.63) is 0 Å². The average Bonchev–Trinajstić information content (AvgIpc) is 1.94. The minimum absolute atomic E-state index is 0.0252. The van der Waals surface area contributed by atoms with Crippen LogP contribution in [-0.4, -0.2) is 23.2 Å². The van der Waals surface area contributed by atoms with Gasteiger partial charge < -0.3 is 8.43 Å². The topological polar surface area (TPSA) is 44.8 Å². The fourth-order valence-corrected chi connectivity index (χ4v) is 8.22. The molecule has 1 unspecified atom stereocenters. The van der Waals surface area contributed by atoms with Gasteiger partial charge in [0.25, 0.3) is 0 Å². The summed E-state index contributed by atoms with van der Waals surface area (Å²) in [6.45, 7) is 18.5. The third kappa shape index (κ3) is 6.13. The molecule has 0 bridgehead atoms. The van der Waals surface area contributed by atoms with Gasteiger partial charge in [-0.3, -0.25) is 4.52 Å². The third-order valence-corrected chi connectivity index (χ3v) is 12.8. The quantitative estimate of drug-likeness (QED) is 0.511. The zero-order chi connectivity index (χ0) is 14.8. The second-order valence-corrected chi connectivity index (χ2v) is 18.3. The summed E-state index contributed by atoms with van der Waals surface area (Å²) in [4.78, 5) is 0. The highest BCUT2D eigenvalue weighted by Crippen LogP contribution is 2.57. The van der Waals surface area contributed by atoms with Crippen molar-refractivity contribution in [1.82, 2.24) is 0 Å². The predicted octanol–water partition coefficient (Wildman–Crippen LogP) is 5.00. The lowest BCUT2D eigenvalue weighted by atomic mass is 10.2. The van der Waals surface area contributed by atoms with E-state index in [2.05, 4.69) is 20.8 Å². The SMILES string of the molecule is CCOP(=O)(O[Si](C)(C)C)O[Si](C)(C)C(C)(C)C. The highest BCUT2D eigenvalue weighted by Gasteiger charge is 2.46. The molecule has 0 saturated heterocycles. The molecule has 0 saturated carbocycles. The van der Waals surface area contributed by atoms with E-state index in [0.29, 0.717) is 6.61 Å². The molecule has 0 aliphatic rings. The molecule has 1 atom stereocenters. The van der Waals surface area contributed by atoms with Crippen LogP contribution < -0.4 is 0 Å². The Balaban J connectivity index is 5.10. The van der Waals surface area contributed by atoms with E-state index in [9.17, 15) is 4.57 Å². The number of rotatable bonds is 6. The van der Waals surface area contributed by atoms with Crippen molar-refractivity contribution in [2.45, 2.75) is 65.5 Å². The monoisotopic (exact) mass is 312 g/mol. The lowest BCUT2D eigenvalue weighted by molar-refractivity contribution is 0.212. The van der Waals surface area contributed by atoms with E-state index in [1.54, 1.807) is 6.92 Å². The molecule has 18 heavy (non-hydrogen) atoms. The number of hydrogen-bond donors (Lipinski definition) is 0. The van der Waals surface area contributed by atoms with Crippen molar-refractivity contribution in [3.63, 3.8) is 0 Å². The van der Waals surface area contributed by atoms with Gasteiger partial charge >= 0.3 is 7.82 Å². The van der Waals surface area contributed by atoms with Crippen molar-refractivity contribution < 1.29 is 17.5 Å². The van der Waals surface area contributed by atoms with Gasteiger partial charge in [0.1, 0.15) is 0 Å². The Morgan fingerprint density at radius 3 is 1.72 bits per heavy atom. The Kier molecular flexibility index (Phi) is 6.07. The first-order valence-electron chi connectivity index (χ1n) is 6.38. The van der Waals surface area contributed by atoms with Crippen LogP contribution in [0.4, 0.5) is 0 Å². The van der Waals surface area contributed by atoms with Crippen LogP contribution in [0.1, 0.15) is 27.7 Å². The number of hydrogen-bond acceptors (Lipinski definition) is 4. The van der Waals surface area contributed by atoms with Crippen LogP contribution in [0.5, 0.6) is 0 Å². The first-order valence-corrected chi connectivity index (χ1v) is 14.2. The molecule has 0 aromatic carbocycles. The Hall–Kier alpha value is 0.544. The van der Waals surface area contributed by atoms with E-state index in [1.165, 1.54) is 0 Å². The van der Waals surface area contributed by atoms with Crippen LogP contribution in [0.15, 0.2) is 0 Å². The molecular weight excluding hydrogens is 283 g/mol. The minimum Gasteiger partial charge on any atom is -0.331 e. The molecule has 4 nitrogen and oxygen atoms in total. The molecular formula is C11H29O4PSi2. The van der Waals surface area contributed by atoms with E-state index >= 15 is 0 Å². The molecule has 0 heterocycles. The van der Waals surface area contributed by atoms with Crippen LogP contribution in [0, 0.1) is 0 Å². The van der Waals surface area contributed by atoms with Crippen LogP contribution in [0.25, 0.3) is 0 Å². The van der Waals surface area contributed by atoms with Crippen molar-refractivity contribution in [3.8, 4) is 0 Å².